The van der Waals surface area contributed by atoms with E-state index in [2.05, 4.69) is 24.4 Å². The Labute approximate surface area is 134 Å². The van der Waals surface area contributed by atoms with Crippen LogP contribution >= 0.6 is 22.7 Å². The van der Waals surface area contributed by atoms with E-state index in [1.807, 2.05) is 13.0 Å². The van der Waals surface area contributed by atoms with Crippen molar-refractivity contribution in [2.75, 3.05) is 6.61 Å². The van der Waals surface area contributed by atoms with Crippen LogP contribution in [0.25, 0.3) is 9.75 Å². The minimum Gasteiger partial charge on any atom is -0.462 e. The van der Waals surface area contributed by atoms with E-state index < -0.39 is 0 Å². The van der Waals surface area contributed by atoms with Gasteiger partial charge in [0.2, 0.25) is 0 Å². The number of rotatable bonds is 8. The lowest BCUT2D eigenvalue weighted by Gasteiger charge is -2.01. The Hall–Kier alpha value is -1.13. The molecule has 0 radical (unpaired) electrons. The van der Waals surface area contributed by atoms with Gasteiger partial charge in [0.25, 0.3) is 0 Å². The van der Waals surface area contributed by atoms with Gasteiger partial charge in [-0.1, -0.05) is 32.3 Å². The van der Waals surface area contributed by atoms with Crippen molar-refractivity contribution in [3.63, 3.8) is 0 Å². The Bertz CT molecular complexity index is 555. The van der Waals surface area contributed by atoms with E-state index in [1.165, 1.54) is 41.0 Å². The maximum Gasteiger partial charge on any atom is 0.348 e. The van der Waals surface area contributed by atoms with E-state index in [4.69, 9.17) is 4.74 Å². The molecule has 0 unspecified atom stereocenters. The molecule has 2 aromatic rings. The van der Waals surface area contributed by atoms with Gasteiger partial charge >= 0.3 is 5.97 Å². The number of hydrogen-bond acceptors (Lipinski definition) is 4. The van der Waals surface area contributed by atoms with Crippen LogP contribution in [0.5, 0.6) is 0 Å². The number of thiophene rings is 2. The summed E-state index contributed by atoms with van der Waals surface area (Å²) in [5.41, 5.74) is 1.29. The molecule has 2 aromatic heterocycles. The SMILES string of the molecule is CCCCCCc1cc(C(=O)OCC)sc1-c1cccs1. The van der Waals surface area contributed by atoms with Gasteiger partial charge in [0.15, 0.2) is 0 Å². The van der Waals surface area contributed by atoms with Crippen LogP contribution in [0, 0.1) is 0 Å². The summed E-state index contributed by atoms with van der Waals surface area (Å²) in [7, 11) is 0. The van der Waals surface area contributed by atoms with E-state index in [0.717, 1.165) is 11.3 Å². The fraction of sp³-hybridized carbons (Fsp3) is 0.471. The normalized spacial score (nSPS) is 10.8. The van der Waals surface area contributed by atoms with Crippen molar-refractivity contribution in [1.82, 2.24) is 0 Å². The van der Waals surface area contributed by atoms with Gasteiger partial charge < -0.3 is 4.74 Å². The van der Waals surface area contributed by atoms with Crippen molar-refractivity contribution in [2.24, 2.45) is 0 Å². The summed E-state index contributed by atoms with van der Waals surface area (Å²) in [5.74, 6) is -0.194. The predicted molar refractivity (Wildman–Crippen MR) is 91.4 cm³/mol. The maximum absolute atomic E-state index is 11.9. The third-order valence-electron chi connectivity index (χ3n) is 3.33. The molecule has 21 heavy (non-hydrogen) atoms. The quantitative estimate of drug-likeness (QED) is 0.455. The number of aryl methyl sites for hydroxylation is 1. The smallest absolute Gasteiger partial charge is 0.348 e. The van der Waals surface area contributed by atoms with Gasteiger partial charge in [-0.15, -0.1) is 22.7 Å². The molecule has 0 aliphatic rings. The predicted octanol–water partition coefficient (Wildman–Crippen LogP) is 5.78. The highest BCUT2D eigenvalue weighted by Crippen LogP contribution is 2.36. The van der Waals surface area contributed by atoms with Crippen LogP contribution in [0.15, 0.2) is 23.6 Å². The molecule has 0 bridgehead atoms. The molecular formula is C17H22O2S2. The molecular weight excluding hydrogens is 300 g/mol. The van der Waals surface area contributed by atoms with Crippen LogP contribution in [0.2, 0.25) is 0 Å². The molecule has 2 heterocycles. The molecule has 4 heteroatoms. The summed E-state index contributed by atoms with van der Waals surface area (Å²) in [6, 6.07) is 6.22. The summed E-state index contributed by atoms with van der Waals surface area (Å²) >= 11 is 3.30. The van der Waals surface area contributed by atoms with Crippen molar-refractivity contribution >= 4 is 28.6 Å². The van der Waals surface area contributed by atoms with Crippen LogP contribution in [0.1, 0.15) is 54.8 Å². The second-order valence-corrected chi connectivity index (χ2v) is 6.97. The number of carbonyl (C=O) groups is 1. The Balaban J connectivity index is 2.17. The third kappa shape index (κ3) is 4.42. The molecule has 0 saturated heterocycles. The second kappa shape index (κ2) is 8.35. The zero-order valence-electron chi connectivity index (χ0n) is 12.7. The number of hydrogen-bond donors (Lipinski definition) is 0. The van der Waals surface area contributed by atoms with Gasteiger partial charge in [0, 0.05) is 9.75 Å². The first-order valence-electron chi connectivity index (χ1n) is 7.60. The lowest BCUT2D eigenvalue weighted by atomic mass is 10.1. The molecule has 0 N–H and O–H groups in total. The van der Waals surface area contributed by atoms with E-state index in [-0.39, 0.29) is 5.97 Å². The molecule has 2 rings (SSSR count). The highest BCUT2D eigenvalue weighted by atomic mass is 32.1. The molecule has 0 saturated carbocycles. The Morgan fingerprint density at radius 3 is 2.76 bits per heavy atom. The fourth-order valence-electron chi connectivity index (χ4n) is 2.28. The summed E-state index contributed by atoms with van der Waals surface area (Å²) in [5, 5.41) is 2.08. The van der Waals surface area contributed by atoms with E-state index in [1.54, 1.807) is 22.7 Å². The number of esters is 1. The van der Waals surface area contributed by atoms with Crippen molar-refractivity contribution < 1.29 is 9.53 Å². The minimum atomic E-state index is -0.194. The molecule has 0 fully saturated rings. The third-order valence-corrected chi connectivity index (χ3v) is 5.54. The molecule has 0 spiro atoms. The van der Waals surface area contributed by atoms with Crippen molar-refractivity contribution in [3.05, 3.63) is 34.0 Å². The molecule has 0 aliphatic heterocycles. The zero-order chi connectivity index (χ0) is 15.1. The molecule has 0 amide bonds. The summed E-state index contributed by atoms with van der Waals surface area (Å²) in [6.45, 7) is 4.49. The first kappa shape index (κ1) is 16.2. The van der Waals surface area contributed by atoms with Gasteiger partial charge in [-0.05, 0) is 42.8 Å². The van der Waals surface area contributed by atoms with Crippen LogP contribution in [0.4, 0.5) is 0 Å². The van der Waals surface area contributed by atoms with Crippen molar-refractivity contribution in [3.8, 4) is 9.75 Å². The van der Waals surface area contributed by atoms with Crippen LogP contribution < -0.4 is 0 Å². The largest absolute Gasteiger partial charge is 0.462 e. The summed E-state index contributed by atoms with van der Waals surface area (Å²) in [6.07, 6.45) is 6.01. The summed E-state index contributed by atoms with van der Waals surface area (Å²) in [4.78, 5) is 15.2. The maximum atomic E-state index is 11.9. The van der Waals surface area contributed by atoms with Gasteiger partial charge in [0.1, 0.15) is 4.88 Å². The first-order chi connectivity index (χ1) is 10.3. The van der Waals surface area contributed by atoms with Gasteiger partial charge in [-0.2, -0.15) is 0 Å². The highest BCUT2D eigenvalue weighted by Gasteiger charge is 2.17. The van der Waals surface area contributed by atoms with E-state index in [9.17, 15) is 4.79 Å². The van der Waals surface area contributed by atoms with E-state index >= 15 is 0 Å². The monoisotopic (exact) mass is 322 g/mol. The van der Waals surface area contributed by atoms with Crippen LogP contribution in [-0.4, -0.2) is 12.6 Å². The Morgan fingerprint density at radius 2 is 2.10 bits per heavy atom. The average Bonchev–Trinajstić information content (AvgIpc) is 3.12. The zero-order valence-corrected chi connectivity index (χ0v) is 14.3. The number of unbranched alkanes of at least 4 members (excludes halogenated alkanes) is 3. The topological polar surface area (TPSA) is 26.3 Å². The van der Waals surface area contributed by atoms with Crippen molar-refractivity contribution in [2.45, 2.75) is 46.0 Å². The second-order valence-electron chi connectivity index (χ2n) is 4.97. The first-order valence-corrected chi connectivity index (χ1v) is 9.29. The molecule has 2 nitrogen and oxygen atoms in total. The molecule has 114 valence electrons. The average molecular weight is 322 g/mol. The summed E-state index contributed by atoms with van der Waals surface area (Å²) < 4.78 is 5.13. The van der Waals surface area contributed by atoms with E-state index in [0.29, 0.717) is 6.61 Å². The van der Waals surface area contributed by atoms with Gasteiger partial charge in [-0.25, -0.2) is 4.79 Å². The van der Waals surface area contributed by atoms with Gasteiger partial charge in [0.05, 0.1) is 6.61 Å². The minimum absolute atomic E-state index is 0.194. The highest BCUT2D eigenvalue weighted by molar-refractivity contribution is 7.22. The van der Waals surface area contributed by atoms with Crippen LogP contribution in [-0.2, 0) is 11.2 Å². The lowest BCUT2D eigenvalue weighted by Crippen LogP contribution is -2.01. The standard InChI is InChI=1S/C17H22O2S2/c1-3-5-6-7-9-13-12-15(17(18)19-4-2)21-16(13)14-10-8-11-20-14/h8,10-12H,3-7,9H2,1-2H3. The molecule has 0 aromatic carbocycles. The van der Waals surface area contributed by atoms with Gasteiger partial charge in [-0.3, -0.25) is 0 Å². The Morgan fingerprint density at radius 1 is 1.24 bits per heavy atom. The number of carbonyl (C=O) groups excluding carboxylic acids is 1. The number of ether oxygens (including phenoxy) is 1. The lowest BCUT2D eigenvalue weighted by molar-refractivity contribution is 0.0532. The fourth-order valence-corrected chi connectivity index (χ4v) is 4.27. The molecule has 0 aliphatic carbocycles. The Kier molecular flexibility index (Phi) is 6.46. The van der Waals surface area contributed by atoms with Crippen molar-refractivity contribution in [1.29, 1.82) is 0 Å². The van der Waals surface area contributed by atoms with Crippen LogP contribution in [0.3, 0.4) is 0 Å². The molecule has 0 atom stereocenters.